The van der Waals surface area contributed by atoms with E-state index in [4.69, 9.17) is 0 Å². The largest absolute Gasteiger partial charge is 0.338 e. The minimum atomic E-state index is -3.47. The first-order chi connectivity index (χ1) is 8.03. The number of rotatable bonds is 2. The molecule has 0 amide bonds. The molecule has 18 heavy (non-hydrogen) atoms. The van der Waals surface area contributed by atoms with E-state index in [0.717, 1.165) is 11.1 Å². The summed E-state index contributed by atoms with van der Waals surface area (Å²) in [5, 5.41) is 1.05. The Balaban J connectivity index is 0.00000162. The molecule has 0 atom stereocenters. The van der Waals surface area contributed by atoms with Gasteiger partial charge in [0.25, 0.3) is 7.37 Å². The molecule has 2 aromatic rings. The topological polar surface area (TPSA) is 37.3 Å². The third kappa shape index (κ3) is 2.67. The molecule has 2 rings (SSSR count). The average molecular weight is 283 g/mol. The number of benzene rings is 2. The summed E-state index contributed by atoms with van der Waals surface area (Å²) in [6, 6.07) is 14.5. The summed E-state index contributed by atoms with van der Waals surface area (Å²) in [5.74, 6) is 0. The highest BCUT2D eigenvalue weighted by molar-refractivity contribution is 7.73. The smallest absolute Gasteiger partial charge is 0.259 e. The summed E-state index contributed by atoms with van der Waals surface area (Å²) < 4.78 is 12.6. The zero-order chi connectivity index (χ0) is 12.5. The van der Waals surface area contributed by atoms with E-state index in [9.17, 15) is 9.46 Å². The van der Waals surface area contributed by atoms with Crippen LogP contribution in [0.25, 0.3) is 0 Å². The highest BCUT2D eigenvalue weighted by Crippen LogP contribution is 2.40. The first-order valence-corrected chi connectivity index (χ1v) is 7.14. The Morgan fingerprint density at radius 3 is 1.50 bits per heavy atom. The Morgan fingerprint density at radius 1 is 0.833 bits per heavy atom. The van der Waals surface area contributed by atoms with E-state index in [2.05, 4.69) is 0 Å². The van der Waals surface area contributed by atoms with Crippen LogP contribution in [0.15, 0.2) is 48.5 Å². The SMILES string of the molecule is Cc1ccccc1P(=O)(O)c1ccccc1C.Cl. The van der Waals surface area contributed by atoms with Gasteiger partial charge in [0.05, 0.1) is 0 Å². The van der Waals surface area contributed by atoms with Crippen molar-refractivity contribution in [1.82, 2.24) is 0 Å². The van der Waals surface area contributed by atoms with Gasteiger partial charge in [0.2, 0.25) is 0 Å². The van der Waals surface area contributed by atoms with Gasteiger partial charge in [-0.15, -0.1) is 12.4 Å². The standard InChI is InChI=1S/C14H15O2P.ClH/c1-11-7-3-5-9-13(11)17(15,16)14-10-6-4-8-12(14)2;/h3-10H,1-2H3,(H,15,16);1H. The van der Waals surface area contributed by atoms with Crippen LogP contribution in [0.3, 0.4) is 0 Å². The van der Waals surface area contributed by atoms with Crippen molar-refractivity contribution in [2.24, 2.45) is 0 Å². The first-order valence-electron chi connectivity index (χ1n) is 5.48. The van der Waals surface area contributed by atoms with E-state index in [1.165, 1.54) is 0 Å². The van der Waals surface area contributed by atoms with Crippen LogP contribution in [-0.4, -0.2) is 4.89 Å². The molecule has 0 spiro atoms. The van der Waals surface area contributed by atoms with Crippen LogP contribution in [0, 0.1) is 13.8 Å². The third-order valence-electron chi connectivity index (χ3n) is 2.88. The number of hydrogen-bond donors (Lipinski definition) is 1. The molecule has 0 bridgehead atoms. The van der Waals surface area contributed by atoms with Crippen molar-refractivity contribution in [3.05, 3.63) is 59.7 Å². The van der Waals surface area contributed by atoms with Gasteiger partial charge in [-0.25, -0.2) is 0 Å². The molecule has 0 aliphatic heterocycles. The summed E-state index contributed by atoms with van der Waals surface area (Å²) in [5.41, 5.74) is 1.70. The van der Waals surface area contributed by atoms with Crippen molar-refractivity contribution >= 4 is 30.4 Å². The van der Waals surface area contributed by atoms with E-state index >= 15 is 0 Å². The predicted molar refractivity (Wildman–Crippen MR) is 78.7 cm³/mol. The fraction of sp³-hybridized carbons (Fsp3) is 0.143. The maximum Gasteiger partial charge on any atom is 0.259 e. The van der Waals surface area contributed by atoms with E-state index < -0.39 is 7.37 Å². The van der Waals surface area contributed by atoms with E-state index in [1.807, 2.05) is 38.1 Å². The van der Waals surface area contributed by atoms with Crippen molar-refractivity contribution < 1.29 is 9.46 Å². The predicted octanol–water partition coefficient (Wildman–Crippen LogP) is 2.95. The Hall–Kier alpha value is -1.08. The van der Waals surface area contributed by atoms with Gasteiger partial charge in [0, 0.05) is 10.6 Å². The average Bonchev–Trinajstić information content (AvgIpc) is 2.29. The molecule has 96 valence electrons. The molecule has 0 saturated heterocycles. The van der Waals surface area contributed by atoms with Crippen LogP contribution >= 0.6 is 19.8 Å². The van der Waals surface area contributed by atoms with E-state index in [-0.39, 0.29) is 12.4 Å². The molecule has 0 aliphatic rings. The maximum atomic E-state index is 12.6. The summed E-state index contributed by atoms with van der Waals surface area (Å²) in [7, 11) is -3.47. The van der Waals surface area contributed by atoms with Crippen LogP contribution in [0.5, 0.6) is 0 Å². The van der Waals surface area contributed by atoms with Gasteiger partial charge in [-0.3, -0.25) is 4.57 Å². The van der Waals surface area contributed by atoms with Gasteiger partial charge in [-0.2, -0.15) is 0 Å². The third-order valence-corrected chi connectivity index (χ3v) is 5.19. The van der Waals surface area contributed by atoms with Crippen LogP contribution < -0.4 is 10.6 Å². The van der Waals surface area contributed by atoms with Crippen molar-refractivity contribution in [1.29, 1.82) is 0 Å². The van der Waals surface area contributed by atoms with Gasteiger partial charge in [0.15, 0.2) is 0 Å². The van der Waals surface area contributed by atoms with Crippen LogP contribution in [0.4, 0.5) is 0 Å². The lowest BCUT2D eigenvalue weighted by Crippen LogP contribution is -2.19. The fourth-order valence-corrected chi connectivity index (χ4v) is 3.88. The van der Waals surface area contributed by atoms with E-state index in [1.54, 1.807) is 24.3 Å². The van der Waals surface area contributed by atoms with Crippen molar-refractivity contribution in [3.63, 3.8) is 0 Å². The second kappa shape index (κ2) is 5.71. The molecule has 0 aromatic heterocycles. The van der Waals surface area contributed by atoms with Crippen LogP contribution in [0.1, 0.15) is 11.1 Å². The summed E-state index contributed by atoms with van der Waals surface area (Å²) >= 11 is 0. The van der Waals surface area contributed by atoms with E-state index in [0.29, 0.717) is 10.6 Å². The fourth-order valence-electron chi connectivity index (χ4n) is 1.94. The van der Waals surface area contributed by atoms with Gasteiger partial charge >= 0.3 is 0 Å². The summed E-state index contributed by atoms with van der Waals surface area (Å²) in [6.45, 7) is 3.72. The zero-order valence-electron chi connectivity index (χ0n) is 10.3. The van der Waals surface area contributed by atoms with Crippen molar-refractivity contribution in [3.8, 4) is 0 Å². The quantitative estimate of drug-likeness (QED) is 0.860. The minimum Gasteiger partial charge on any atom is -0.338 e. The highest BCUT2D eigenvalue weighted by Gasteiger charge is 2.26. The molecular formula is C14H16ClO2P. The molecule has 2 nitrogen and oxygen atoms in total. The highest BCUT2D eigenvalue weighted by atomic mass is 35.5. The molecule has 0 fully saturated rings. The lowest BCUT2D eigenvalue weighted by molar-refractivity contribution is 0.500. The second-order valence-corrected chi connectivity index (χ2v) is 6.26. The Labute approximate surface area is 114 Å². The molecule has 4 heteroatoms. The molecule has 0 aliphatic carbocycles. The zero-order valence-corrected chi connectivity index (χ0v) is 12.0. The second-order valence-electron chi connectivity index (χ2n) is 4.15. The maximum absolute atomic E-state index is 12.6. The molecule has 0 saturated carbocycles. The van der Waals surface area contributed by atoms with Crippen molar-refractivity contribution in [2.75, 3.05) is 0 Å². The first kappa shape index (κ1) is 15.0. The Morgan fingerprint density at radius 2 is 1.17 bits per heavy atom. The molecule has 2 aromatic carbocycles. The Kier molecular flexibility index (Phi) is 4.75. The van der Waals surface area contributed by atoms with Gasteiger partial charge in [-0.05, 0) is 37.1 Å². The van der Waals surface area contributed by atoms with Crippen LogP contribution in [0.2, 0.25) is 0 Å². The van der Waals surface area contributed by atoms with Crippen LogP contribution in [-0.2, 0) is 4.57 Å². The lowest BCUT2D eigenvalue weighted by Gasteiger charge is -2.16. The van der Waals surface area contributed by atoms with Gasteiger partial charge in [-0.1, -0.05) is 36.4 Å². The summed E-state index contributed by atoms with van der Waals surface area (Å²) in [6.07, 6.45) is 0. The number of hydrogen-bond acceptors (Lipinski definition) is 1. The minimum absolute atomic E-state index is 0. The number of halogens is 1. The molecule has 0 radical (unpaired) electrons. The monoisotopic (exact) mass is 282 g/mol. The Bertz CT molecular complexity index is 546. The molecular weight excluding hydrogens is 267 g/mol. The van der Waals surface area contributed by atoms with Gasteiger partial charge < -0.3 is 4.89 Å². The van der Waals surface area contributed by atoms with Gasteiger partial charge in [0.1, 0.15) is 0 Å². The molecule has 1 N–H and O–H groups in total. The molecule has 0 heterocycles. The summed E-state index contributed by atoms with van der Waals surface area (Å²) in [4.78, 5) is 10.4. The molecule has 0 unspecified atom stereocenters. The lowest BCUT2D eigenvalue weighted by atomic mass is 10.2. The van der Waals surface area contributed by atoms with Crippen molar-refractivity contribution in [2.45, 2.75) is 13.8 Å². The normalized spacial score (nSPS) is 10.8. The number of aryl methyl sites for hydroxylation is 2.